The largest absolute Gasteiger partial charge is 0.478 e. The number of nitro benzene ring substituents is 1. The molecule has 0 spiro atoms. The average molecular weight is 478 g/mol. The van der Waals surface area contributed by atoms with Crippen LogP contribution in [0.3, 0.4) is 0 Å². The summed E-state index contributed by atoms with van der Waals surface area (Å²) < 4.78 is 10.6. The van der Waals surface area contributed by atoms with Crippen molar-refractivity contribution in [2.75, 3.05) is 11.9 Å². The molecule has 1 heterocycles. The summed E-state index contributed by atoms with van der Waals surface area (Å²) in [7, 11) is 0. The van der Waals surface area contributed by atoms with E-state index < -0.39 is 29.5 Å². The van der Waals surface area contributed by atoms with Gasteiger partial charge in [-0.2, -0.15) is 0 Å². The van der Waals surface area contributed by atoms with Crippen molar-refractivity contribution in [3.8, 4) is 5.75 Å². The number of nitrogens with zero attached hydrogens (tertiary/aromatic N) is 2. The van der Waals surface area contributed by atoms with Gasteiger partial charge < -0.3 is 14.8 Å². The van der Waals surface area contributed by atoms with Gasteiger partial charge in [-0.15, -0.1) is 0 Å². The molecule has 9 nitrogen and oxygen atoms in total. The highest BCUT2D eigenvalue weighted by molar-refractivity contribution is 6.39. The number of pyridine rings is 1. The minimum atomic E-state index is -1.23. The highest BCUT2D eigenvalue weighted by atomic mass is 35.5. The number of hydrogen-bond acceptors (Lipinski definition) is 7. The highest BCUT2D eigenvalue weighted by Gasteiger charge is 2.22. The lowest BCUT2D eigenvalue weighted by Gasteiger charge is -2.15. The van der Waals surface area contributed by atoms with Crippen LogP contribution >= 0.6 is 23.2 Å². The molecule has 32 heavy (non-hydrogen) atoms. The molecule has 0 fully saturated rings. The first-order chi connectivity index (χ1) is 15.2. The Morgan fingerprint density at radius 2 is 1.91 bits per heavy atom. The number of carbonyl (C=O) groups excluding carboxylic acids is 2. The number of esters is 1. The third kappa shape index (κ3) is 5.24. The molecule has 2 aromatic carbocycles. The second kappa shape index (κ2) is 9.80. The summed E-state index contributed by atoms with van der Waals surface area (Å²) >= 11 is 12.4. The lowest BCUT2D eigenvalue weighted by molar-refractivity contribution is -0.383. The number of rotatable bonds is 7. The molecule has 11 heteroatoms. The van der Waals surface area contributed by atoms with Crippen molar-refractivity contribution >= 4 is 57.4 Å². The van der Waals surface area contributed by atoms with Crippen LogP contribution < -0.4 is 10.1 Å². The van der Waals surface area contributed by atoms with E-state index in [2.05, 4.69) is 10.3 Å². The van der Waals surface area contributed by atoms with Crippen molar-refractivity contribution in [3.63, 3.8) is 0 Å². The molecular weight excluding hydrogens is 461 g/mol. The quantitative estimate of drug-likeness (QED) is 0.297. The molecule has 166 valence electrons. The fraction of sp³-hybridized carbons (Fsp3) is 0.190. The van der Waals surface area contributed by atoms with Gasteiger partial charge in [0.2, 0.25) is 0 Å². The molecule has 1 N–H and O–H groups in total. The number of para-hydroxylation sites is 2. The molecule has 0 bridgehead atoms. The highest BCUT2D eigenvalue weighted by Crippen LogP contribution is 2.37. The summed E-state index contributed by atoms with van der Waals surface area (Å²) in [5.74, 6) is -1.43. The number of halogens is 2. The van der Waals surface area contributed by atoms with Crippen molar-refractivity contribution in [2.24, 2.45) is 0 Å². The Labute approximate surface area is 192 Å². The molecule has 1 atom stereocenters. The molecular formula is C21H17Cl2N3O6. The zero-order chi connectivity index (χ0) is 23.4. The van der Waals surface area contributed by atoms with Crippen molar-refractivity contribution in [1.82, 2.24) is 4.98 Å². The lowest BCUT2D eigenvalue weighted by Crippen LogP contribution is -2.31. The number of carbonyl (C=O) groups is 2. The predicted molar refractivity (Wildman–Crippen MR) is 119 cm³/mol. The number of fused-ring (bicyclic) bond motifs is 1. The summed E-state index contributed by atoms with van der Waals surface area (Å²) in [5.41, 5.74) is 0.790. The third-order valence-corrected chi connectivity index (χ3v) is 4.94. The average Bonchev–Trinajstić information content (AvgIpc) is 2.73. The molecule has 1 unspecified atom stereocenters. The van der Waals surface area contributed by atoms with Crippen LogP contribution in [0.2, 0.25) is 10.0 Å². The van der Waals surface area contributed by atoms with E-state index in [4.69, 9.17) is 32.7 Å². The van der Waals surface area contributed by atoms with Gasteiger partial charge in [0.15, 0.2) is 18.5 Å². The van der Waals surface area contributed by atoms with Crippen LogP contribution in [0.1, 0.15) is 12.6 Å². The van der Waals surface area contributed by atoms with Gasteiger partial charge in [0.1, 0.15) is 11.2 Å². The van der Waals surface area contributed by atoms with Crippen LogP contribution in [0.15, 0.2) is 42.5 Å². The van der Waals surface area contributed by atoms with E-state index in [0.29, 0.717) is 21.6 Å². The molecule has 0 aliphatic rings. The molecule has 1 amide bonds. The Balaban J connectivity index is 1.66. The Hall–Kier alpha value is -3.43. The van der Waals surface area contributed by atoms with E-state index in [9.17, 15) is 19.7 Å². The molecule has 0 saturated heterocycles. The Kier molecular flexibility index (Phi) is 7.12. The Morgan fingerprint density at radius 3 is 2.62 bits per heavy atom. The first-order valence-electron chi connectivity index (χ1n) is 9.29. The Morgan fingerprint density at radius 1 is 1.19 bits per heavy atom. The second-order valence-corrected chi connectivity index (χ2v) is 7.52. The SMILES string of the molecule is Cc1ccc2c(Cl)cc(Cl)c(OCC(=O)OC(C)C(=O)Nc3ccccc3[N+](=O)[O-])c2n1. The van der Waals surface area contributed by atoms with E-state index >= 15 is 0 Å². The van der Waals surface area contributed by atoms with E-state index in [0.717, 1.165) is 0 Å². The van der Waals surface area contributed by atoms with Crippen molar-refractivity contribution in [3.05, 3.63) is 68.3 Å². The summed E-state index contributed by atoms with van der Waals surface area (Å²) in [6, 6.07) is 10.6. The molecule has 0 saturated carbocycles. The van der Waals surface area contributed by atoms with Gasteiger partial charge in [0, 0.05) is 17.1 Å². The van der Waals surface area contributed by atoms with Gasteiger partial charge in [0.25, 0.3) is 11.6 Å². The maximum Gasteiger partial charge on any atom is 0.344 e. The number of amides is 1. The fourth-order valence-corrected chi connectivity index (χ4v) is 3.39. The van der Waals surface area contributed by atoms with E-state index in [1.165, 1.54) is 37.3 Å². The van der Waals surface area contributed by atoms with Crippen LogP contribution in [0.25, 0.3) is 10.9 Å². The zero-order valence-electron chi connectivity index (χ0n) is 16.9. The van der Waals surface area contributed by atoms with Gasteiger partial charge in [-0.3, -0.25) is 14.9 Å². The van der Waals surface area contributed by atoms with E-state index in [1.807, 2.05) is 0 Å². The fourth-order valence-electron chi connectivity index (χ4n) is 2.82. The molecule has 0 aliphatic heterocycles. The van der Waals surface area contributed by atoms with E-state index in [-0.39, 0.29) is 22.1 Å². The second-order valence-electron chi connectivity index (χ2n) is 6.70. The number of aromatic nitrogens is 1. The lowest BCUT2D eigenvalue weighted by atomic mass is 10.2. The summed E-state index contributed by atoms with van der Waals surface area (Å²) in [6.07, 6.45) is -1.23. The van der Waals surface area contributed by atoms with Crippen LogP contribution in [0.5, 0.6) is 5.75 Å². The first kappa shape index (κ1) is 23.2. The summed E-state index contributed by atoms with van der Waals surface area (Å²) in [5, 5.41) is 14.6. The molecule has 0 aliphatic carbocycles. The number of nitro groups is 1. The minimum absolute atomic E-state index is 0.0116. The molecule has 1 aromatic heterocycles. The topological polar surface area (TPSA) is 121 Å². The van der Waals surface area contributed by atoms with Gasteiger partial charge in [0.05, 0.1) is 15.0 Å². The molecule has 3 aromatic rings. The first-order valence-corrected chi connectivity index (χ1v) is 10.0. The third-order valence-electron chi connectivity index (χ3n) is 4.35. The normalized spacial score (nSPS) is 11.6. The number of anilines is 1. The van der Waals surface area contributed by atoms with E-state index in [1.54, 1.807) is 19.1 Å². The predicted octanol–water partition coefficient (Wildman–Crippen LogP) is 4.71. The maximum atomic E-state index is 12.3. The van der Waals surface area contributed by atoms with Crippen LogP contribution in [-0.2, 0) is 14.3 Å². The molecule has 3 rings (SSSR count). The Bertz CT molecular complexity index is 1220. The van der Waals surface area contributed by atoms with Gasteiger partial charge in [-0.1, -0.05) is 35.3 Å². The van der Waals surface area contributed by atoms with Crippen molar-refractivity contribution in [1.29, 1.82) is 0 Å². The van der Waals surface area contributed by atoms with Gasteiger partial charge in [-0.25, -0.2) is 9.78 Å². The van der Waals surface area contributed by atoms with Crippen LogP contribution in [-0.4, -0.2) is 34.5 Å². The number of aryl methyl sites for hydroxylation is 1. The van der Waals surface area contributed by atoms with Crippen LogP contribution in [0, 0.1) is 17.0 Å². The van der Waals surface area contributed by atoms with Gasteiger partial charge >= 0.3 is 5.97 Å². The summed E-state index contributed by atoms with van der Waals surface area (Å²) in [4.78, 5) is 39.3. The molecule has 0 radical (unpaired) electrons. The van der Waals surface area contributed by atoms with Crippen molar-refractivity contribution < 1.29 is 24.0 Å². The van der Waals surface area contributed by atoms with Crippen LogP contribution in [0.4, 0.5) is 11.4 Å². The van der Waals surface area contributed by atoms with Gasteiger partial charge in [-0.05, 0) is 38.1 Å². The number of nitrogens with one attached hydrogen (secondary N) is 1. The number of ether oxygens (including phenoxy) is 2. The van der Waals surface area contributed by atoms with Crippen molar-refractivity contribution in [2.45, 2.75) is 20.0 Å². The maximum absolute atomic E-state index is 12.3. The zero-order valence-corrected chi connectivity index (χ0v) is 18.4. The summed E-state index contributed by atoms with van der Waals surface area (Å²) in [6.45, 7) is 2.57. The smallest absolute Gasteiger partial charge is 0.344 e. The number of hydrogen-bond donors (Lipinski definition) is 1. The monoisotopic (exact) mass is 477 g/mol. The standard InChI is InChI=1S/C21H17Cl2N3O6/c1-11-7-8-13-14(22)9-15(23)20(19(13)24-11)31-10-18(27)32-12(2)21(28)25-16-5-3-4-6-17(16)26(29)30/h3-9,12H,10H2,1-2H3,(H,25,28). The number of benzene rings is 2. The minimum Gasteiger partial charge on any atom is -0.478 e.